The molecule has 0 aliphatic carbocycles. The normalized spacial score (nSPS) is 15.1. The number of likely N-dealkylation sites (tertiary alicyclic amines) is 1. The molecule has 30 heavy (non-hydrogen) atoms. The van der Waals surface area contributed by atoms with Crippen molar-refractivity contribution in [3.05, 3.63) is 67.1 Å². The van der Waals surface area contributed by atoms with E-state index in [1.54, 1.807) is 12.3 Å². The Morgan fingerprint density at radius 3 is 2.60 bits per heavy atom. The SMILES string of the molecule is O=C(Nc1ccc(Oc2ccccc2)nc1)C1CCN(CCCn2cccn2)CC1. The Labute approximate surface area is 176 Å². The summed E-state index contributed by atoms with van der Waals surface area (Å²) in [6.45, 7) is 3.89. The number of rotatable bonds is 8. The van der Waals surface area contributed by atoms with E-state index >= 15 is 0 Å². The van der Waals surface area contributed by atoms with Crippen molar-refractivity contribution in [3.8, 4) is 11.6 Å². The summed E-state index contributed by atoms with van der Waals surface area (Å²) in [6.07, 6.45) is 8.28. The summed E-state index contributed by atoms with van der Waals surface area (Å²) in [5, 5.41) is 7.22. The van der Waals surface area contributed by atoms with Crippen molar-refractivity contribution in [2.75, 3.05) is 25.0 Å². The molecule has 2 aromatic heterocycles. The van der Waals surface area contributed by atoms with Crippen molar-refractivity contribution in [3.63, 3.8) is 0 Å². The van der Waals surface area contributed by atoms with Gasteiger partial charge in [-0.2, -0.15) is 5.10 Å². The molecule has 4 rings (SSSR count). The van der Waals surface area contributed by atoms with Gasteiger partial charge in [-0.15, -0.1) is 0 Å². The topological polar surface area (TPSA) is 72.3 Å². The van der Waals surface area contributed by atoms with Crippen LogP contribution >= 0.6 is 0 Å². The highest BCUT2D eigenvalue weighted by atomic mass is 16.5. The number of aryl methyl sites for hydroxylation is 1. The Hall–Kier alpha value is -3.19. The second-order valence-electron chi connectivity index (χ2n) is 7.53. The molecule has 1 amide bonds. The molecule has 1 saturated heterocycles. The number of aromatic nitrogens is 3. The summed E-state index contributed by atoms with van der Waals surface area (Å²) in [5.41, 5.74) is 0.696. The monoisotopic (exact) mass is 405 g/mol. The van der Waals surface area contributed by atoms with Crippen LogP contribution < -0.4 is 10.1 Å². The number of ether oxygens (including phenoxy) is 1. The van der Waals surface area contributed by atoms with E-state index in [0.29, 0.717) is 11.6 Å². The molecule has 0 radical (unpaired) electrons. The van der Waals surface area contributed by atoms with Crippen LogP contribution in [0, 0.1) is 5.92 Å². The van der Waals surface area contributed by atoms with Crippen molar-refractivity contribution in [1.29, 1.82) is 0 Å². The minimum absolute atomic E-state index is 0.0487. The molecule has 3 heterocycles. The number of hydrogen-bond acceptors (Lipinski definition) is 5. The standard InChI is InChI=1S/C23H27N5O2/c29-23(19-10-16-27(17-11-19)13-5-15-28-14-4-12-25-28)26-20-8-9-22(24-18-20)30-21-6-2-1-3-7-21/h1-4,6-9,12,14,18-19H,5,10-11,13,15-17H2,(H,26,29). The van der Waals surface area contributed by atoms with Crippen molar-refractivity contribution in [2.45, 2.75) is 25.8 Å². The number of pyridine rings is 1. The maximum Gasteiger partial charge on any atom is 0.227 e. The number of hydrogen-bond donors (Lipinski definition) is 1. The van der Waals surface area contributed by atoms with Gasteiger partial charge >= 0.3 is 0 Å². The van der Waals surface area contributed by atoms with Gasteiger partial charge in [0, 0.05) is 30.9 Å². The van der Waals surface area contributed by atoms with E-state index in [-0.39, 0.29) is 11.8 Å². The zero-order valence-electron chi connectivity index (χ0n) is 17.0. The van der Waals surface area contributed by atoms with Gasteiger partial charge < -0.3 is 15.0 Å². The number of nitrogens with zero attached hydrogens (tertiary/aromatic N) is 4. The summed E-state index contributed by atoms with van der Waals surface area (Å²) in [4.78, 5) is 19.3. The van der Waals surface area contributed by atoms with E-state index in [9.17, 15) is 4.79 Å². The number of benzene rings is 1. The van der Waals surface area contributed by atoms with Crippen LogP contribution in [0.2, 0.25) is 0 Å². The fraction of sp³-hybridized carbons (Fsp3) is 0.348. The van der Waals surface area contributed by atoms with Gasteiger partial charge in [-0.05, 0) is 63.2 Å². The van der Waals surface area contributed by atoms with Crippen LogP contribution in [0.15, 0.2) is 67.1 Å². The number of nitrogens with one attached hydrogen (secondary N) is 1. The predicted molar refractivity (Wildman–Crippen MR) is 115 cm³/mol. The average Bonchev–Trinajstić information content (AvgIpc) is 3.30. The first-order valence-electron chi connectivity index (χ1n) is 10.5. The van der Waals surface area contributed by atoms with Gasteiger partial charge in [-0.25, -0.2) is 4.98 Å². The number of carbonyl (C=O) groups is 1. The smallest absolute Gasteiger partial charge is 0.227 e. The van der Waals surface area contributed by atoms with Crippen LogP contribution in [0.25, 0.3) is 0 Å². The Bertz CT molecular complexity index is 905. The Morgan fingerprint density at radius 1 is 1.07 bits per heavy atom. The molecule has 1 N–H and O–H groups in total. The lowest BCUT2D eigenvalue weighted by Gasteiger charge is -2.31. The lowest BCUT2D eigenvalue weighted by Crippen LogP contribution is -2.38. The van der Waals surface area contributed by atoms with Gasteiger partial charge in [-0.3, -0.25) is 9.48 Å². The van der Waals surface area contributed by atoms with Crippen LogP contribution in [0.5, 0.6) is 11.6 Å². The van der Waals surface area contributed by atoms with Crippen LogP contribution in [0.3, 0.4) is 0 Å². The summed E-state index contributed by atoms with van der Waals surface area (Å²) in [7, 11) is 0. The molecule has 0 unspecified atom stereocenters. The Balaban J connectivity index is 1.19. The fourth-order valence-corrected chi connectivity index (χ4v) is 3.68. The Morgan fingerprint density at radius 2 is 1.90 bits per heavy atom. The third-order valence-electron chi connectivity index (χ3n) is 5.35. The highest BCUT2D eigenvalue weighted by molar-refractivity contribution is 5.92. The minimum atomic E-state index is 0.0487. The second-order valence-corrected chi connectivity index (χ2v) is 7.53. The van der Waals surface area contributed by atoms with Crippen molar-refractivity contribution in [1.82, 2.24) is 19.7 Å². The molecule has 1 aliphatic rings. The maximum absolute atomic E-state index is 12.6. The average molecular weight is 406 g/mol. The van der Waals surface area contributed by atoms with E-state index in [2.05, 4.69) is 20.3 Å². The zero-order valence-corrected chi connectivity index (χ0v) is 17.0. The van der Waals surface area contributed by atoms with E-state index < -0.39 is 0 Å². The first-order chi connectivity index (χ1) is 14.8. The lowest BCUT2D eigenvalue weighted by molar-refractivity contribution is -0.121. The molecular formula is C23H27N5O2. The number of carbonyl (C=O) groups excluding carboxylic acids is 1. The quantitative estimate of drug-likeness (QED) is 0.617. The molecule has 1 aromatic carbocycles. The summed E-state index contributed by atoms with van der Waals surface area (Å²) in [6, 6.07) is 15.1. The molecule has 0 bridgehead atoms. The first-order valence-corrected chi connectivity index (χ1v) is 10.5. The molecule has 1 fully saturated rings. The van der Waals surface area contributed by atoms with Crippen LogP contribution in [-0.4, -0.2) is 45.2 Å². The van der Waals surface area contributed by atoms with E-state index in [1.807, 2.05) is 59.5 Å². The third-order valence-corrected chi connectivity index (χ3v) is 5.35. The molecular weight excluding hydrogens is 378 g/mol. The molecule has 3 aromatic rings. The van der Waals surface area contributed by atoms with Crippen molar-refractivity contribution >= 4 is 11.6 Å². The third kappa shape index (κ3) is 5.67. The van der Waals surface area contributed by atoms with Crippen molar-refractivity contribution in [2.24, 2.45) is 5.92 Å². The second kappa shape index (κ2) is 10.0. The predicted octanol–water partition coefficient (Wildman–Crippen LogP) is 3.81. The van der Waals surface area contributed by atoms with Crippen LogP contribution in [-0.2, 0) is 11.3 Å². The highest BCUT2D eigenvalue weighted by Crippen LogP contribution is 2.22. The van der Waals surface area contributed by atoms with Crippen LogP contribution in [0.4, 0.5) is 5.69 Å². The van der Waals surface area contributed by atoms with E-state index in [0.717, 1.165) is 51.2 Å². The van der Waals surface area contributed by atoms with E-state index in [1.165, 1.54) is 0 Å². The summed E-state index contributed by atoms with van der Waals surface area (Å²) in [5.74, 6) is 1.36. The number of amides is 1. The number of para-hydroxylation sites is 1. The number of anilines is 1. The zero-order chi connectivity index (χ0) is 20.6. The molecule has 156 valence electrons. The molecule has 1 aliphatic heterocycles. The maximum atomic E-state index is 12.6. The fourth-order valence-electron chi connectivity index (χ4n) is 3.68. The van der Waals surface area contributed by atoms with Gasteiger partial charge in [0.2, 0.25) is 11.8 Å². The molecule has 0 atom stereocenters. The lowest BCUT2D eigenvalue weighted by atomic mass is 9.95. The van der Waals surface area contributed by atoms with Gasteiger partial charge in [0.05, 0.1) is 11.9 Å². The largest absolute Gasteiger partial charge is 0.439 e. The van der Waals surface area contributed by atoms with E-state index in [4.69, 9.17) is 4.74 Å². The molecule has 0 spiro atoms. The van der Waals surface area contributed by atoms with Crippen molar-refractivity contribution < 1.29 is 9.53 Å². The number of piperidine rings is 1. The molecule has 7 heteroatoms. The summed E-state index contributed by atoms with van der Waals surface area (Å²) < 4.78 is 7.65. The highest BCUT2D eigenvalue weighted by Gasteiger charge is 2.24. The van der Waals surface area contributed by atoms with Gasteiger partial charge in [0.25, 0.3) is 0 Å². The summed E-state index contributed by atoms with van der Waals surface area (Å²) >= 11 is 0. The molecule has 7 nitrogen and oxygen atoms in total. The Kier molecular flexibility index (Phi) is 6.72. The van der Waals surface area contributed by atoms with Gasteiger partial charge in [-0.1, -0.05) is 18.2 Å². The minimum Gasteiger partial charge on any atom is -0.439 e. The molecule has 0 saturated carbocycles. The van der Waals surface area contributed by atoms with Gasteiger partial charge in [0.1, 0.15) is 5.75 Å². The first kappa shape index (κ1) is 20.1. The van der Waals surface area contributed by atoms with Gasteiger partial charge in [0.15, 0.2) is 0 Å². The van der Waals surface area contributed by atoms with Crippen LogP contribution in [0.1, 0.15) is 19.3 Å².